The molecule has 1 aromatic carbocycles. The summed E-state index contributed by atoms with van der Waals surface area (Å²) in [6.45, 7) is 5.21. The van der Waals surface area contributed by atoms with Crippen LogP contribution >= 0.6 is 0 Å². The van der Waals surface area contributed by atoms with Crippen molar-refractivity contribution >= 4 is 15.4 Å². The lowest BCUT2D eigenvalue weighted by Crippen LogP contribution is -2.18. The smallest absolute Gasteiger partial charge is 0.200 e. The van der Waals surface area contributed by atoms with E-state index < -0.39 is 15.4 Å². The van der Waals surface area contributed by atoms with Crippen molar-refractivity contribution in [1.29, 1.82) is 0 Å². The summed E-state index contributed by atoms with van der Waals surface area (Å²) in [5, 5.41) is 11.1. The van der Waals surface area contributed by atoms with Gasteiger partial charge in [-0.2, -0.15) is 0 Å². The van der Waals surface area contributed by atoms with E-state index >= 15 is 0 Å². The summed E-state index contributed by atoms with van der Waals surface area (Å²) in [7, 11) is -3.32. The van der Waals surface area contributed by atoms with Crippen LogP contribution in [-0.4, -0.2) is 19.1 Å². The Kier molecular flexibility index (Phi) is 2.67. The summed E-state index contributed by atoms with van der Waals surface area (Å²) in [6, 6.07) is 5.38. The number of sulfone groups is 1. The first-order chi connectivity index (χ1) is 7.69. The Morgan fingerprint density at radius 2 is 1.94 bits per heavy atom. The van der Waals surface area contributed by atoms with Gasteiger partial charge in [0.2, 0.25) is 9.84 Å². The number of rotatable bonds is 2. The van der Waals surface area contributed by atoms with Crippen molar-refractivity contribution in [3.8, 4) is 0 Å². The molecule has 92 valence electrons. The van der Waals surface area contributed by atoms with Crippen LogP contribution in [-0.2, 0) is 9.84 Å². The SMILES string of the molecule is Cc1ccc2c(c1)S(=O)(=O)C=C2CC(C)(C)O. The number of aliphatic hydroxyl groups is 1. The van der Waals surface area contributed by atoms with Crippen molar-refractivity contribution in [3.05, 3.63) is 34.7 Å². The van der Waals surface area contributed by atoms with Crippen LogP contribution in [0.3, 0.4) is 0 Å². The molecule has 1 heterocycles. The third-order valence-corrected chi connectivity index (χ3v) is 4.26. The molecule has 0 unspecified atom stereocenters. The van der Waals surface area contributed by atoms with E-state index in [0.29, 0.717) is 16.9 Å². The quantitative estimate of drug-likeness (QED) is 0.878. The fourth-order valence-electron chi connectivity index (χ4n) is 2.05. The van der Waals surface area contributed by atoms with Gasteiger partial charge in [0.05, 0.1) is 10.5 Å². The monoisotopic (exact) mass is 252 g/mol. The molecule has 0 amide bonds. The lowest BCUT2D eigenvalue weighted by atomic mass is 9.94. The van der Waals surface area contributed by atoms with Crippen LogP contribution in [0.5, 0.6) is 0 Å². The van der Waals surface area contributed by atoms with Crippen LogP contribution in [0, 0.1) is 6.92 Å². The normalized spacial score (nSPS) is 17.8. The van der Waals surface area contributed by atoms with E-state index in [0.717, 1.165) is 11.1 Å². The van der Waals surface area contributed by atoms with Gasteiger partial charge in [0.25, 0.3) is 0 Å². The second-order valence-corrected chi connectivity index (χ2v) is 6.94. The Hall–Kier alpha value is -1.13. The summed E-state index contributed by atoms with van der Waals surface area (Å²) >= 11 is 0. The van der Waals surface area contributed by atoms with Gasteiger partial charge < -0.3 is 5.11 Å². The number of hydrogen-bond acceptors (Lipinski definition) is 3. The van der Waals surface area contributed by atoms with Gasteiger partial charge in [-0.15, -0.1) is 0 Å². The Morgan fingerprint density at radius 3 is 2.53 bits per heavy atom. The summed E-state index contributed by atoms with van der Waals surface area (Å²) in [6.07, 6.45) is 0.336. The topological polar surface area (TPSA) is 54.4 Å². The Balaban J connectivity index is 2.54. The fraction of sp³-hybridized carbons (Fsp3) is 0.385. The lowest BCUT2D eigenvalue weighted by molar-refractivity contribution is 0.0864. The minimum absolute atomic E-state index is 0.336. The Bertz CT molecular complexity index is 590. The van der Waals surface area contributed by atoms with Crippen molar-refractivity contribution in [2.75, 3.05) is 0 Å². The molecular formula is C13H16O3S. The molecule has 1 aliphatic heterocycles. The van der Waals surface area contributed by atoms with Crippen molar-refractivity contribution < 1.29 is 13.5 Å². The van der Waals surface area contributed by atoms with Crippen LogP contribution in [0.1, 0.15) is 31.4 Å². The van der Waals surface area contributed by atoms with Gasteiger partial charge in [-0.3, -0.25) is 0 Å². The van der Waals surface area contributed by atoms with Gasteiger partial charge in [0, 0.05) is 11.8 Å². The summed E-state index contributed by atoms with van der Waals surface area (Å²) in [5.74, 6) is 0. The lowest BCUT2D eigenvalue weighted by Gasteiger charge is -2.17. The maximum absolute atomic E-state index is 11.9. The Morgan fingerprint density at radius 1 is 1.29 bits per heavy atom. The molecule has 2 rings (SSSR count). The molecule has 1 aliphatic rings. The molecule has 0 spiro atoms. The molecular weight excluding hydrogens is 236 g/mol. The molecule has 0 atom stereocenters. The molecule has 0 fully saturated rings. The molecule has 1 aromatic rings. The minimum atomic E-state index is -3.32. The van der Waals surface area contributed by atoms with Gasteiger partial charge >= 0.3 is 0 Å². The third kappa shape index (κ3) is 2.42. The predicted octanol–water partition coefficient (Wildman–Crippen LogP) is 2.28. The van der Waals surface area contributed by atoms with Gasteiger partial charge in [0.1, 0.15) is 0 Å². The highest BCUT2D eigenvalue weighted by Crippen LogP contribution is 2.37. The van der Waals surface area contributed by atoms with E-state index in [9.17, 15) is 13.5 Å². The number of hydrogen-bond donors (Lipinski definition) is 1. The third-order valence-electron chi connectivity index (χ3n) is 2.71. The molecule has 0 saturated heterocycles. The predicted molar refractivity (Wildman–Crippen MR) is 67.3 cm³/mol. The molecule has 0 saturated carbocycles. The van der Waals surface area contributed by atoms with Crippen LogP contribution in [0.25, 0.3) is 5.57 Å². The molecule has 0 bridgehead atoms. The summed E-state index contributed by atoms with van der Waals surface area (Å²) in [4.78, 5) is 0.358. The van der Waals surface area contributed by atoms with E-state index in [1.807, 2.05) is 19.1 Å². The second kappa shape index (κ2) is 3.68. The molecule has 0 aromatic heterocycles. The van der Waals surface area contributed by atoms with Crippen LogP contribution in [0.2, 0.25) is 0 Å². The van der Waals surface area contributed by atoms with Gasteiger partial charge in [-0.05, 0) is 43.5 Å². The van der Waals surface area contributed by atoms with Crippen molar-refractivity contribution in [1.82, 2.24) is 0 Å². The molecule has 4 heteroatoms. The van der Waals surface area contributed by atoms with Crippen molar-refractivity contribution in [3.63, 3.8) is 0 Å². The van der Waals surface area contributed by atoms with Crippen molar-refractivity contribution in [2.45, 2.75) is 37.7 Å². The maximum atomic E-state index is 11.9. The minimum Gasteiger partial charge on any atom is -0.390 e. The fourth-order valence-corrected chi connectivity index (χ4v) is 3.62. The standard InChI is InChI=1S/C13H16O3S/c1-9-4-5-11-10(7-13(2,3)14)8-17(15,16)12(11)6-9/h4-6,8,14H,7H2,1-3H3. The first-order valence-corrected chi connectivity index (χ1v) is 7.03. The maximum Gasteiger partial charge on any atom is 0.200 e. The van der Waals surface area contributed by atoms with Gasteiger partial charge in [-0.1, -0.05) is 12.1 Å². The summed E-state index contributed by atoms with van der Waals surface area (Å²) < 4.78 is 23.9. The first kappa shape index (κ1) is 12.3. The van der Waals surface area contributed by atoms with E-state index in [2.05, 4.69) is 0 Å². The van der Waals surface area contributed by atoms with Gasteiger partial charge in [-0.25, -0.2) is 8.42 Å². The molecule has 0 aliphatic carbocycles. The zero-order chi connectivity index (χ0) is 12.8. The highest BCUT2D eigenvalue weighted by Gasteiger charge is 2.29. The average Bonchev–Trinajstić information content (AvgIpc) is 2.35. The van der Waals surface area contributed by atoms with Crippen molar-refractivity contribution in [2.24, 2.45) is 0 Å². The summed E-state index contributed by atoms with van der Waals surface area (Å²) in [5.41, 5.74) is 1.42. The molecule has 3 nitrogen and oxygen atoms in total. The van der Waals surface area contributed by atoms with E-state index in [-0.39, 0.29) is 0 Å². The molecule has 17 heavy (non-hydrogen) atoms. The molecule has 0 radical (unpaired) electrons. The molecule has 1 N–H and O–H groups in total. The number of benzene rings is 1. The zero-order valence-corrected chi connectivity index (χ0v) is 11.0. The van der Waals surface area contributed by atoms with Gasteiger partial charge in [0.15, 0.2) is 0 Å². The van der Waals surface area contributed by atoms with E-state index in [1.165, 1.54) is 5.41 Å². The highest BCUT2D eigenvalue weighted by molar-refractivity contribution is 7.95. The van der Waals surface area contributed by atoms with Crippen LogP contribution in [0.15, 0.2) is 28.5 Å². The van der Waals surface area contributed by atoms with E-state index in [4.69, 9.17) is 0 Å². The Labute approximate surface area is 102 Å². The zero-order valence-electron chi connectivity index (χ0n) is 10.2. The number of fused-ring (bicyclic) bond motifs is 1. The highest BCUT2D eigenvalue weighted by atomic mass is 32.2. The second-order valence-electron chi connectivity index (χ2n) is 5.18. The first-order valence-electron chi connectivity index (χ1n) is 5.48. The average molecular weight is 252 g/mol. The number of aryl methyl sites for hydroxylation is 1. The van der Waals surface area contributed by atoms with E-state index in [1.54, 1.807) is 19.9 Å². The van der Waals surface area contributed by atoms with Crippen LogP contribution in [0.4, 0.5) is 0 Å². The van der Waals surface area contributed by atoms with Crippen LogP contribution < -0.4 is 0 Å². The largest absolute Gasteiger partial charge is 0.390 e.